The van der Waals surface area contributed by atoms with Crippen LogP contribution >= 0.6 is 0 Å². The van der Waals surface area contributed by atoms with Gasteiger partial charge >= 0.3 is 17.9 Å². The van der Waals surface area contributed by atoms with Crippen LogP contribution in [0.25, 0.3) is 0 Å². The van der Waals surface area contributed by atoms with Gasteiger partial charge in [-0.1, -0.05) is 282 Å². The second-order valence-corrected chi connectivity index (χ2v) is 20.2. The minimum Gasteiger partial charge on any atom is -0.462 e. The van der Waals surface area contributed by atoms with Crippen molar-refractivity contribution >= 4 is 17.9 Å². The van der Waals surface area contributed by atoms with Crippen molar-refractivity contribution in [2.75, 3.05) is 13.2 Å². The van der Waals surface area contributed by atoms with Crippen LogP contribution in [-0.2, 0) is 28.6 Å². The fraction of sp³-hybridized carbons (Fsp3) is 0.620. The van der Waals surface area contributed by atoms with Gasteiger partial charge in [-0.2, -0.15) is 0 Å². The van der Waals surface area contributed by atoms with E-state index in [4.69, 9.17) is 14.2 Å². The van der Waals surface area contributed by atoms with E-state index in [-0.39, 0.29) is 31.6 Å². The van der Waals surface area contributed by atoms with Crippen molar-refractivity contribution in [3.05, 3.63) is 146 Å². The summed E-state index contributed by atoms with van der Waals surface area (Å²) in [7, 11) is 0. The van der Waals surface area contributed by atoms with Crippen molar-refractivity contribution in [3.8, 4) is 0 Å². The van der Waals surface area contributed by atoms with Gasteiger partial charge in [0.15, 0.2) is 6.10 Å². The van der Waals surface area contributed by atoms with E-state index in [0.29, 0.717) is 19.3 Å². The minimum absolute atomic E-state index is 0.111. The molecule has 0 heterocycles. The molecular weight excluding hydrogens is 949 g/mol. The first-order chi connectivity index (χ1) is 38.0. The van der Waals surface area contributed by atoms with Crippen LogP contribution in [0.15, 0.2) is 146 Å². The molecule has 0 aromatic carbocycles. The number of esters is 3. The predicted molar refractivity (Wildman–Crippen MR) is 334 cm³/mol. The smallest absolute Gasteiger partial charge is 0.306 e. The SMILES string of the molecule is CC/C=C\C/C=C\C/C=C\C/C=C\C/C=C\C/C=C\CCCCCCCCCCCCCCCCCCC(=O)OCC(COC(=O)CCCCCCC)OC(=O)CC/C=C\C/C=C\C/C=C\C/C=C\C/C=C\C/C=C\CC. The van der Waals surface area contributed by atoms with E-state index in [0.717, 1.165) is 128 Å². The Kier molecular flexibility index (Phi) is 59.9. The summed E-state index contributed by atoms with van der Waals surface area (Å²) in [5.41, 5.74) is 0. The third kappa shape index (κ3) is 62.0. The highest BCUT2D eigenvalue weighted by atomic mass is 16.6. The molecule has 6 heteroatoms. The Labute approximate surface area is 474 Å². The van der Waals surface area contributed by atoms with Crippen molar-refractivity contribution in [2.24, 2.45) is 0 Å². The fourth-order valence-corrected chi connectivity index (χ4v) is 8.24. The quantitative estimate of drug-likeness (QED) is 0.0261. The van der Waals surface area contributed by atoms with E-state index in [1.807, 2.05) is 12.2 Å². The zero-order chi connectivity index (χ0) is 55.7. The molecule has 0 rings (SSSR count). The molecule has 0 spiro atoms. The van der Waals surface area contributed by atoms with Gasteiger partial charge in [0.2, 0.25) is 0 Å². The number of carbonyl (C=O) groups is 3. The van der Waals surface area contributed by atoms with Crippen LogP contribution < -0.4 is 0 Å². The third-order valence-corrected chi connectivity index (χ3v) is 12.9. The Hall–Kier alpha value is -4.71. The topological polar surface area (TPSA) is 78.9 Å². The van der Waals surface area contributed by atoms with Crippen LogP contribution in [-0.4, -0.2) is 37.2 Å². The molecule has 0 bridgehead atoms. The van der Waals surface area contributed by atoms with Crippen LogP contribution in [0.4, 0.5) is 0 Å². The summed E-state index contributed by atoms with van der Waals surface area (Å²) in [5.74, 6) is -1.01. The third-order valence-electron chi connectivity index (χ3n) is 12.9. The molecule has 0 saturated carbocycles. The average Bonchev–Trinajstić information content (AvgIpc) is 3.43. The van der Waals surface area contributed by atoms with Crippen LogP contribution in [0, 0.1) is 0 Å². The molecule has 0 aliphatic rings. The van der Waals surface area contributed by atoms with Gasteiger partial charge in [-0.05, 0) is 109 Å². The predicted octanol–water partition coefficient (Wildman–Crippen LogP) is 21.5. The minimum atomic E-state index is -0.818. The molecule has 1 atom stereocenters. The van der Waals surface area contributed by atoms with Crippen molar-refractivity contribution in [2.45, 2.75) is 271 Å². The van der Waals surface area contributed by atoms with E-state index in [1.54, 1.807) is 0 Å². The highest BCUT2D eigenvalue weighted by Crippen LogP contribution is 2.16. The lowest BCUT2D eigenvalue weighted by atomic mass is 10.0. The van der Waals surface area contributed by atoms with Crippen molar-refractivity contribution < 1.29 is 28.6 Å². The number of hydrogen-bond acceptors (Lipinski definition) is 6. The van der Waals surface area contributed by atoms with Gasteiger partial charge in [0.25, 0.3) is 0 Å². The van der Waals surface area contributed by atoms with Crippen molar-refractivity contribution in [3.63, 3.8) is 0 Å². The molecule has 0 saturated heterocycles. The number of hydrogen-bond donors (Lipinski definition) is 0. The normalized spacial score (nSPS) is 13.1. The number of allylic oxidation sites excluding steroid dienone is 24. The van der Waals surface area contributed by atoms with E-state index in [2.05, 4.69) is 154 Å². The van der Waals surface area contributed by atoms with Gasteiger partial charge in [0.05, 0.1) is 0 Å². The summed E-state index contributed by atoms with van der Waals surface area (Å²) in [6.07, 6.45) is 92.1. The lowest BCUT2D eigenvalue weighted by Crippen LogP contribution is -2.30. The molecule has 77 heavy (non-hydrogen) atoms. The Bertz CT molecular complexity index is 1700. The standard InChI is InChI=1S/C71H114O6/c1-4-7-10-13-15-17-19-21-23-25-27-28-29-30-31-32-33-34-35-36-37-38-39-40-41-42-44-45-47-49-51-53-55-58-61-64-70(73)76-67-68(66-75-69(72)63-60-57-12-9-6-3)77-71(74)65-62-59-56-54-52-50-48-46-43-26-24-22-20-18-16-14-11-8-5-2/h7-8,10-11,15-18,21-24,27-28,30-31,33-34,43,46,50,52,56,59,68H,4-6,9,12-14,19-20,25-26,29,32,35-42,44-45,47-49,51,53-55,57-58,60-67H2,1-3H3/b10-7-,11-8-,17-15-,18-16-,23-21-,24-22-,28-27-,31-30-,34-33-,46-43-,52-50-,59-56-. The maximum atomic E-state index is 12.8. The molecule has 1 unspecified atom stereocenters. The van der Waals surface area contributed by atoms with Crippen LogP contribution in [0.1, 0.15) is 265 Å². The molecule has 0 amide bonds. The number of rotatable bonds is 55. The van der Waals surface area contributed by atoms with Crippen LogP contribution in [0.3, 0.4) is 0 Å². The maximum Gasteiger partial charge on any atom is 0.306 e. The largest absolute Gasteiger partial charge is 0.462 e. The molecule has 6 nitrogen and oxygen atoms in total. The summed E-state index contributed by atoms with van der Waals surface area (Å²) >= 11 is 0. The summed E-state index contributed by atoms with van der Waals surface area (Å²) in [4.78, 5) is 37.8. The van der Waals surface area contributed by atoms with Crippen molar-refractivity contribution in [1.29, 1.82) is 0 Å². The van der Waals surface area contributed by atoms with E-state index in [9.17, 15) is 14.4 Å². The molecule has 0 aliphatic heterocycles. The van der Waals surface area contributed by atoms with E-state index >= 15 is 0 Å². The monoisotopic (exact) mass is 1060 g/mol. The van der Waals surface area contributed by atoms with Gasteiger partial charge in [-0.3, -0.25) is 14.4 Å². The number of unbranched alkanes of at least 4 members (excludes halogenated alkanes) is 20. The van der Waals surface area contributed by atoms with Gasteiger partial charge in [-0.25, -0.2) is 0 Å². The van der Waals surface area contributed by atoms with E-state index in [1.165, 1.54) is 89.9 Å². The lowest BCUT2D eigenvalue weighted by Gasteiger charge is -2.18. The highest BCUT2D eigenvalue weighted by molar-refractivity contribution is 5.71. The Morgan fingerprint density at radius 3 is 0.844 bits per heavy atom. The van der Waals surface area contributed by atoms with Gasteiger partial charge < -0.3 is 14.2 Å². The summed E-state index contributed by atoms with van der Waals surface area (Å²) in [6.45, 7) is 6.26. The highest BCUT2D eigenvalue weighted by Gasteiger charge is 2.19. The van der Waals surface area contributed by atoms with Gasteiger partial charge in [0.1, 0.15) is 13.2 Å². The molecule has 0 aromatic heterocycles. The molecule has 0 fully saturated rings. The maximum absolute atomic E-state index is 12.8. The molecule has 0 radical (unpaired) electrons. The first-order valence-corrected chi connectivity index (χ1v) is 31.3. The number of carbonyl (C=O) groups excluding carboxylic acids is 3. The molecule has 0 N–H and O–H groups in total. The van der Waals surface area contributed by atoms with Crippen LogP contribution in [0.2, 0.25) is 0 Å². The van der Waals surface area contributed by atoms with Crippen LogP contribution in [0.5, 0.6) is 0 Å². The second-order valence-electron chi connectivity index (χ2n) is 20.2. The first kappa shape index (κ1) is 72.3. The summed E-state index contributed by atoms with van der Waals surface area (Å²) in [6, 6.07) is 0. The molecular formula is C71H114O6. The Balaban J connectivity index is 4.05. The van der Waals surface area contributed by atoms with Gasteiger partial charge in [-0.15, -0.1) is 0 Å². The molecule has 0 aromatic rings. The average molecular weight is 1060 g/mol. The second kappa shape index (κ2) is 63.8. The molecule has 434 valence electrons. The first-order valence-electron chi connectivity index (χ1n) is 31.3. The Morgan fingerprint density at radius 2 is 0.532 bits per heavy atom. The lowest BCUT2D eigenvalue weighted by molar-refractivity contribution is -0.166. The fourth-order valence-electron chi connectivity index (χ4n) is 8.24. The zero-order valence-electron chi connectivity index (χ0n) is 49.7. The van der Waals surface area contributed by atoms with Gasteiger partial charge in [0, 0.05) is 19.3 Å². The summed E-state index contributed by atoms with van der Waals surface area (Å²) in [5, 5.41) is 0. The Morgan fingerprint density at radius 1 is 0.273 bits per heavy atom. The van der Waals surface area contributed by atoms with Crippen molar-refractivity contribution in [1.82, 2.24) is 0 Å². The molecule has 0 aliphatic carbocycles. The zero-order valence-corrected chi connectivity index (χ0v) is 49.7. The summed E-state index contributed by atoms with van der Waals surface area (Å²) < 4.78 is 16.7. The number of ether oxygens (including phenoxy) is 3. The van der Waals surface area contributed by atoms with E-state index < -0.39 is 12.1 Å².